The number of nitrogens with zero attached hydrogens (tertiary/aromatic N) is 2. The minimum absolute atomic E-state index is 0.0790. The summed E-state index contributed by atoms with van der Waals surface area (Å²) in [5.74, 6) is 0.180. The van der Waals surface area contributed by atoms with Crippen LogP contribution in [0.5, 0.6) is 11.5 Å². The molecule has 2 aromatic rings. The summed E-state index contributed by atoms with van der Waals surface area (Å²) in [5.41, 5.74) is 1.02. The molecule has 2 heterocycles. The molecule has 0 radical (unpaired) electrons. The van der Waals surface area contributed by atoms with Crippen LogP contribution >= 0.6 is 11.8 Å². The Labute approximate surface area is 170 Å². The van der Waals surface area contributed by atoms with Crippen molar-refractivity contribution in [3.63, 3.8) is 0 Å². The molecule has 1 saturated heterocycles. The predicted molar refractivity (Wildman–Crippen MR) is 103 cm³/mol. The second-order valence-corrected chi connectivity index (χ2v) is 7.44. The first-order valence-electron chi connectivity index (χ1n) is 8.92. The summed E-state index contributed by atoms with van der Waals surface area (Å²) in [6, 6.07) is 10.9. The van der Waals surface area contributed by atoms with Gasteiger partial charge in [-0.1, -0.05) is 23.9 Å². The molecule has 4 rings (SSSR count). The van der Waals surface area contributed by atoms with Crippen LogP contribution in [0, 0.1) is 5.82 Å². The zero-order valence-electron chi connectivity index (χ0n) is 15.3. The SMILES string of the molecule is O=C1c2cc(F)ccc2OCN1CCOc1ccc(CN2C(=O)CSC2=O)cc1. The van der Waals surface area contributed by atoms with Crippen LogP contribution in [0.4, 0.5) is 9.18 Å². The van der Waals surface area contributed by atoms with Gasteiger partial charge in [0.2, 0.25) is 5.91 Å². The number of hydrogen-bond donors (Lipinski definition) is 0. The number of amides is 3. The Hall–Kier alpha value is -3.07. The molecule has 2 aliphatic rings. The molecule has 0 aliphatic carbocycles. The fourth-order valence-corrected chi connectivity index (χ4v) is 3.74. The third kappa shape index (κ3) is 4.19. The third-order valence-electron chi connectivity index (χ3n) is 4.57. The monoisotopic (exact) mass is 416 g/mol. The first-order valence-corrected chi connectivity index (χ1v) is 9.90. The van der Waals surface area contributed by atoms with Gasteiger partial charge in [0.25, 0.3) is 11.1 Å². The summed E-state index contributed by atoms with van der Waals surface area (Å²) >= 11 is 1.01. The Morgan fingerprint density at radius 3 is 2.62 bits per heavy atom. The van der Waals surface area contributed by atoms with Crippen LogP contribution in [0.3, 0.4) is 0 Å². The van der Waals surface area contributed by atoms with Crippen LogP contribution in [0.25, 0.3) is 0 Å². The van der Waals surface area contributed by atoms with E-state index in [1.54, 1.807) is 24.3 Å². The quantitative estimate of drug-likeness (QED) is 0.721. The Morgan fingerprint density at radius 2 is 1.90 bits per heavy atom. The minimum Gasteiger partial charge on any atom is -0.492 e. The second-order valence-electron chi connectivity index (χ2n) is 6.51. The number of carbonyl (C=O) groups excluding carboxylic acids is 3. The van der Waals surface area contributed by atoms with E-state index in [-0.39, 0.29) is 54.8 Å². The number of halogens is 1. The van der Waals surface area contributed by atoms with Gasteiger partial charge in [-0.25, -0.2) is 4.39 Å². The number of fused-ring (bicyclic) bond motifs is 1. The molecule has 0 N–H and O–H groups in total. The summed E-state index contributed by atoms with van der Waals surface area (Å²) in [6.45, 7) is 0.833. The summed E-state index contributed by atoms with van der Waals surface area (Å²) in [6.07, 6.45) is 0. The van der Waals surface area contributed by atoms with Crippen molar-refractivity contribution >= 4 is 28.8 Å². The van der Waals surface area contributed by atoms with Crippen LogP contribution in [0.1, 0.15) is 15.9 Å². The summed E-state index contributed by atoms with van der Waals surface area (Å²) in [5, 5.41) is -0.231. The number of benzene rings is 2. The van der Waals surface area contributed by atoms with Gasteiger partial charge in [0.15, 0.2) is 6.73 Å². The van der Waals surface area contributed by atoms with Gasteiger partial charge in [-0.2, -0.15) is 0 Å². The van der Waals surface area contributed by atoms with Crippen molar-refractivity contribution in [2.75, 3.05) is 25.6 Å². The van der Waals surface area contributed by atoms with Gasteiger partial charge < -0.3 is 14.4 Å². The molecule has 2 aromatic carbocycles. The molecule has 2 aliphatic heterocycles. The number of carbonyl (C=O) groups is 3. The molecule has 150 valence electrons. The van der Waals surface area contributed by atoms with E-state index >= 15 is 0 Å². The van der Waals surface area contributed by atoms with Crippen LogP contribution in [-0.2, 0) is 11.3 Å². The maximum absolute atomic E-state index is 13.4. The highest BCUT2D eigenvalue weighted by molar-refractivity contribution is 8.14. The fourth-order valence-electron chi connectivity index (χ4n) is 3.02. The Balaban J connectivity index is 1.29. The average molecular weight is 416 g/mol. The highest BCUT2D eigenvalue weighted by Crippen LogP contribution is 2.26. The molecule has 29 heavy (non-hydrogen) atoms. The Morgan fingerprint density at radius 1 is 1.10 bits per heavy atom. The van der Waals surface area contributed by atoms with Crippen molar-refractivity contribution in [1.29, 1.82) is 0 Å². The lowest BCUT2D eigenvalue weighted by Crippen LogP contribution is -2.41. The van der Waals surface area contributed by atoms with Crippen LogP contribution in [0.2, 0.25) is 0 Å². The normalized spacial score (nSPS) is 16.1. The lowest BCUT2D eigenvalue weighted by Gasteiger charge is -2.28. The second kappa shape index (κ2) is 8.12. The zero-order chi connectivity index (χ0) is 20.4. The van der Waals surface area contributed by atoms with Gasteiger partial charge >= 0.3 is 0 Å². The Kier molecular flexibility index (Phi) is 5.39. The Bertz CT molecular complexity index is 950. The van der Waals surface area contributed by atoms with Crippen LogP contribution in [-0.4, -0.2) is 52.5 Å². The molecule has 0 atom stereocenters. The maximum atomic E-state index is 13.4. The molecule has 9 heteroatoms. The van der Waals surface area contributed by atoms with Crippen molar-refractivity contribution in [2.45, 2.75) is 6.54 Å². The lowest BCUT2D eigenvalue weighted by molar-refractivity contribution is -0.125. The summed E-state index contributed by atoms with van der Waals surface area (Å²) in [7, 11) is 0. The fraction of sp³-hybridized carbons (Fsp3) is 0.250. The van der Waals surface area contributed by atoms with Gasteiger partial charge in [-0.05, 0) is 35.9 Å². The van der Waals surface area contributed by atoms with E-state index in [1.165, 1.54) is 21.9 Å². The molecular weight excluding hydrogens is 399 g/mol. The van der Waals surface area contributed by atoms with E-state index in [2.05, 4.69) is 0 Å². The molecular formula is C20H17FN2O5S. The third-order valence-corrected chi connectivity index (χ3v) is 5.43. The maximum Gasteiger partial charge on any atom is 0.289 e. The molecule has 0 aromatic heterocycles. The highest BCUT2D eigenvalue weighted by atomic mass is 32.2. The topological polar surface area (TPSA) is 76.2 Å². The largest absolute Gasteiger partial charge is 0.492 e. The van der Waals surface area contributed by atoms with Crippen molar-refractivity contribution < 1.29 is 28.2 Å². The number of hydrogen-bond acceptors (Lipinski definition) is 6. The van der Waals surface area contributed by atoms with Gasteiger partial charge in [0, 0.05) is 0 Å². The number of ether oxygens (including phenoxy) is 2. The smallest absolute Gasteiger partial charge is 0.289 e. The van der Waals surface area contributed by atoms with E-state index in [9.17, 15) is 18.8 Å². The number of imide groups is 1. The van der Waals surface area contributed by atoms with Crippen molar-refractivity contribution in [3.8, 4) is 11.5 Å². The summed E-state index contributed by atoms with van der Waals surface area (Å²) in [4.78, 5) is 38.4. The lowest BCUT2D eigenvalue weighted by atomic mass is 10.1. The van der Waals surface area contributed by atoms with E-state index in [4.69, 9.17) is 9.47 Å². The van der Waals surface area contributed by atoms with Crippen LogP contribution in [0.15, 0.2) is 42.5 Å². The van der Waals surface area contributed by atoms with Gasteiger partial charge in [-0.3, -0.25) is 19.3 Å². The first-order chi connectivity index (χ1) is 14.0. The summed E-state index contributed by atoms with van der Waals surface area (Å²) < 4.78 is 24.5. The average Bonchev–Trinajstić information content (AvgIpc) is 3.03. The zero-order valence-corrected chi connectivity index (χ0v) is 16.1. The predicted octanol–water partition coefficient (Wildman–Crippen LogP) is 2.89. The standard InChI is InChI=1S/C20H17FN2O5S/c21-14-3-6-17-16(9-14)19(25)22(12-28-17)7-8-27-15-4-1-13(2-5-15)10-23-18(24)11-29-20(23)26/h1-6,9H,7-8,10-12H2. The van der Waals surface area contributed by atoms with E-state index in [0.29, 0.717) is 11.5 Å². The molecule has 0 spiro atoms. The molecule has 0 bridgehead atoms. The van der Waals surface area contributed by atoms with E-state index in [0.717, 1.165) is 23.4 Å². The molecule has 1 fully saturated rings. The van der Waals surface area contributed by atoms with E-state index in [1.807, 2.05) is 0 Å². The van der Waals surface area contributed by atoms with Crippen LogP contribution < -0.4 is 9.47 Å². The van der Waals surface area contributed by atoms with Crippen molar-refractivity contribution in [3.05, 3.63) is 59.4 Å². The van der Waals surface area contributed by atoms with E-state index < -0.39 is 5.82 Å². The van der Waals surface area contributed by atoms with Crippen molar-refractivity contribution in [2.24, 2.45) is 0 Å². The molecule has 0 saturated carbocycles. The van der Waals surface area contributed by atoms with Gasteiger partial charge in [-0.15, -0.1) is 0 Å². The van der Waals surface area contributed by atoms with Gasteiger partial charge in [0.05, 0.1) is 24.4 Å². The molecule has 0 unspecified atom stereocenters. The molecule has 7 nitrogen and oxygen atoms in total. The van der Waals surface area contributed by atoms with Crippen molar-refractivity contribution in [1.82, 2.24) is 9.80 Å². The highest BCUT2D eigenvalue weighted by Gasteiger charge is 2.29. The molecule has 3 amide bonds. The number of thioether (sulfide) groups is 1. The van der Waals surface area contributed by atoms with Gasteiger partial charge in [0.1, 0.15) is 23.9 Å². The number of rotatable bonds is 6. The minimum atomic E-state index is -0.491. The first kappa shape index (κ1) is 19.3.